The number of aromatic nitrogens is 2. The van der Waals surface area contributed by atoms with Crippen LogP contribution in [-0.4, -0.2) is 53.2 Å². The topological polar surface area (TPSA) is 41.5 Å². The van der Waals surface area contributed by atoms with Crippen LogP contribution in [0, 0.1) is 5.92 Å². The summed E-state index contributed by atoms with van der Waals surface area (Å²) >= 11 is 0. The lowest BCUT2D eigenvalue weighted by Crippen LogP contribution is -2.58. The molecule has 0 spiro atoms. The number of piperidine rings is 2. The zero-order valence-electron chi connectivity index (χ0n) is 23.0. The molecule has 3 aromatic rings. The molecule has 2 aromatic carbocycles. The molecule has 2 saturated heterocycles. The molecule has 0 radical (unpaired) electrons. The molecule has 0 unspecified atom stereocenters. The number of rotatable bonds is 5. The first-order valence-electron chi connectivity index (χ1n) is 13.6. The monoisotopic (exact) mass is 486 g/mol. The van der Waals surface area contributed by atoms with Crippen molar-refractivity contribution in [3.05, 3.63) is 48.4 Å². The Morgan fingerprint density at radius 1 is 0.944 bits per heavy atom. The highest BCUT2D eigenvalue weighted by Gasteiger charge is 2.43. The summed E-state index contributed by atoms with van der Waals surface area (Å²) in [5, 5.41) is 2.48. The first kappa shape index (κ1) is 25.0. The van der Waals surface area contributed by atoms with Crippen LogP contribution in [0.5, 0.6) is 5.75 Å². The number of anilines is 1. The Balaban J connectivity index is 1.48. The Kier molecular flexibility index (Phi) is 6.71. The van der Waals surface area contributed by atoms with E-state index in [1.54, 1.807) is 7.11 Å². The van der Waals surface area contributed by atoms with Crippen molar-refractivity contribution >= 4 is 16.5 Å². The molecule has 1 aromatic heterocycles. The van der Waals surface area contributed by atoms with Crippen LogP contribution in [0.1, 0.15) is 65.6 Å². The van der Waals surface area contributed by atoms with Gasteiger partial charge in [0.2, 0.25) is 0 Å². The normalized spacial score (nSPS) is 20.6. The second kappa shape index (κ2) is 9.66. The largest absolute Gasteiger partial charge is 0.497 e. The van der Waals surface area contributed by atoms with Crippen LogP contribution in [0.2, 0.25) is 0 Å². The van der Waals surface area contributed by atoms with Gasteiger partial charge in [-0.15, -0.1) is 0 Å². The quantitative estimate of drug-likeness (QED) is 0.400. The molecule has 3 heterocycles. The molecule has 0 N–H and O–H groups in total. The minimum absolute atomic E-state index is 0.173. The molecule has 5 rings (SSSR count). The molecule has 192 valence electrons. The Labute approximate surface area is 216 Å². The van der Waals surface area contributed by atoms with Crippen LogP contribution in [-0.2, 0) is 6.42 Å². The lowest BCUT2D eigenvalue weighted by atomic mass is 9.73. The third-order valence-corrected chi connectivity index (χ3v) is 8.70. The molecule has 36 heavy (non-hydrogen) atoms. The molecule has 0 aliphatic carbocycles. The van der Waals surface area contributed by atoms with Gasteiger partial charge in [-0.3, -0.25) is 4.90 Å². The van der Waals surface area contributed by atoms with Crippen LogP contribution < -0.4 is 9.64 Å². The van der Waals surface area contributed by atoms with Gasteiger partial charge in [0.15, 0.2) is 0 Å². The van der Waals surface area contributed by atoms with E-state index < -0.39 is 0 Å². The van der Waals surface area contributed by atoms with Gasteiger partial charge < -0.3 is 9.64 Å². The van der Waals surface area contributed by atoms with E-state index in [-0.39, 0.29) is 11.1 Å². The number of methoxy groups -OCH3 is 1. The molecule has 0 bridgehead atoms. The van der Waals surface area contributed by atoms with Crippen molar-refractivity contribution in [2.24, 2.45) is 5.92 Å². The molecule has 2 aliphatic rings. The minimum atomic E-state index is 0.173. The molecule has 5 nitrogen and oxygen atoms in total. The highest BCUT2D eigenvalue weighted by atomic mass is 16.5. The predicted molar refractivity (Wildman–Crippen MR) is 150 cm³/mol. The molecule has 2 fully saturated rings. The highest BCUT2D eigenvalue weighted by Crippen LogP contribution is 2.41. The van der Waals surface area contributed by atoms with Gasteiger partial charge in [-0.2, -0.15) is 0 Å². The summed E-state index contributed by atoms with van der Waals surface area (Å²) in [7, 11) is 4.01. The molecule has 2 aliphatic heterocycles. The van der Waals surface area contributed by atoms with Crippen molar-refractivity contribution in [2.75, 3.05) is 32.1 Å². The molecular formula is C31H42N4O. The maximum absolute atomic E-state index is 5.56. The average Bonchev–Trinajstić information content (AvgIpc) is 2.86. The van der Waals surface area contributed by atoms with Gasteiger partial charge in [0.05, 0.1) is 12.8 Å². The van der Waals surface area contributed by atoms with Gasteiger partial charge in [-0.25, -0.2) is 9.97 Å². The molecular weight excluding hydrogens is 444 g/mol. The summed E-state index contributed by atoms with van der Waals surface area (Å²) in [5.74, 6) is 2.44. The number of nitrogens with zero attached hydrogens (tertiary/aromatic N) is 4. The Morgan fingerprint density at radius 2 is 1.67 bits per heavy atom. The third-order valence-electron chi connectivity index (χ3n) is 8.70. The van der Waals surface area contributed by atoms with E-state index in [2.05, 4.69) is 80.9 Å². The number of benzene rings is 2. The van der Waals surface area contributed by atoms with Crippen molar-refractivity contribution in [3.63, 3.8) is 0 Å². The van der Waals surface area contributed by atoms with Gasteiger partial charge in [-0.05, 0) is 108 Å². The molecule has 5 heteroatoms. The highest BCUT2D eigenvalue weighted by molar-refractivity contribution is 5.98. The van der Waals surface area contributed by atoms with Gasteiger partial charge >= 0.3 is 0 Å². The fourth-order valence-electron chi connectivity index (χ4n) is 6.63. The fourth-order valence-corrected chi connectivity index (χ4v) is 6.63. The predicted octanol–water partition coefficient (Wildman–Crippen LogP) is 6.74. The Morgan fingerprint density at radius 3 is 2.36 bits per heavy atom. The number of hydrogen-bond acceptors (Lipinski definition) is 5. The van der Waals surface area contributed by atoms with E-state index in [1.807, 2.05) is 6.20 Å². The number of ether oxygens (including phenoxy) is 1. The van der Waals surface area contributed by atoms with E-state index in [0.29, 0.717) is 5.92 Å². The lowest BCUT2D eigenvalue weighted by molar-refractivity contribution is -0.0300. The first-order chi connectivity index (χ1) is 17.2. The summed E-state index contributed by atoms with van der Waals surface area (Å²) in [5.41, 5.74) is 3.82. The standard InChI is InChI=1S/C31H42N4O/c1-30(2)20-22(21-31(3,4)34(30)5)16-29-32-13-12-27(33-29)24-17-23-10-11-25(36-6)19-26(23)28(18-24)35-14-8-7-9-15-35/h10-13,17-19,22H,7-9,14-16,20-21H2,1-6H3. The lowest BCUT2D eigenvalue weighted by Gasteiger charge is -2.53. The maximum Gasteiger partial charge on any atom is 0.129 e. The van der Waals surface area contributed by atoms with Crippen molar-refractivity contribution in [1.29, 1.82) is 0 Å². The molecule has 0 saturated carbocycles. The van der Waals surface area contributed by atoms with Gasteiger partial charge in [0, 0.05) is 53.4 Å². The van der Waals surface area contributed by atoms with E-state index in [1.165, 1.54) is 41.3 Å². The smallest absolute Gasteiger partial charge is 0.129 e. The van der Waals surface area contributed by atoms with Gasteiger partial charge in [-0.1, -0.05) is 6.07 Å². The minimum Gasteiger partial charge on any atom is -0.497 e. The van der Waals surface area contributed by atoms with Crippen molar-refractivity contribution in [3.8, 4) is 17.0 Å². The zero-order valence-corrected chi connectivity index (χ0v) is 23.0. The number of hydrogen-bond donors (Lipinski definition) is 0. The summed E-state index contributed by atoms with van der Waals surface area (Å²) in [6.07, 6.45) is 9.01. The average molecular weight is 487 g/mol. The number of fused-ring (bicyclic) bond motifs is 1. The van der Waals surface area contributed by atoms with Gasteiger partial charge in [0.1, 0.15) is 11.6 Å². The van der Waals surface area contributed by atoms with Crippen LogP contribution in [0.15, 0.2) is 42.6 Å². The van der Waals surface area contributed by atoms with Crippen LogP contribution in [0.25, 0.3) is 22.0 Å². The van der Waals surface area contributed by atoms with Crippen LogP contribution in [0.3, 0.4) is 0 Å². The summed E-state index contributed by atoms with van der Waals surface area (Å²) in [6.45, 7) is 11.7. The van der Waals surface area contributed by atoms with Crippen LogP contribution in [0.4, 0.5) is 5.69 Å². The molecule has 0 amide bonds. The second-order valence-corrected chi connectivity index (χ2v) is 12.2. The van der Waals surface area contributed by atoms with Crippen molar-refractivity contribution in [1.82, 2.24) is 14.9 Å². The van der Waals surface area contributed by atoms with E-state index in [9.17, 15) is 0 Å². The Hall–Kier alpha value is -2.66. The third kappa shape index (κ3) is 4.95. The second-order valence-electron chi connectivity index (χ2n) is 12.2. The maximum atomic E-state index is 5.56. The fraction of sp³-hybridized carbons (Fsp3) is 0.548. The summed E-state index contributed by atoms with van der Waals surface area (Å²) in [6, 6.07) is 13.1. The van der Waals surface area contributed by atoms with E-state index in [4.69, 9.17) is 14.7 Å². The van der Waals surface area contributed by atoms with E-state index >= 15 is 0 Å². The van der Waals surface area contributed by atoms with Crippen molar-refractivity contribution in [2.45, 2.75) is 77.3 Å². The molecule has 0 atom stereocenters. The van der Waals surface area contributed by atoms with Crippen LogP contribution >= 0.6 is 0 Å². The summed E-state index contributed by atoms with van der Waals surface area (Å²) in [4.78, 5) is 14.9. The SMILES string of the molecule is COc1ccc2cc(-c3ccnc(CC4CC(C)(C)N(C)C(C)(C)C4)n3)cc(N3CCCCC3)c2c1. The van der Waals surface area contributed by atoms with E-state index in [0.717, 1.165) is 49.6 Å². The Bertz CT molecular complexity index is 1210. The zero-order chi connectivity index (χ0) is 25.5. The van der Waals surface area contributed by atoms with Crippen molar-refractivity contribution < 1.29 is 4.74 Å². The van der Waals surface area contributed by atoms with Gasteiger partial charge in [0.25, 0.3) is 0 Å². The first-order valence-corrected chi connectivity index (χ1v) is 13.6. The number of likely N-dealkylation sites (tertiary alicyclic amines) is 1. The summed E-state index contributed by atoms with van der Waals surface area (Å²) < 4.78 is 5.56.